The normalized spacial score (nSPS) is 16.4. The maximum absolute atomic E-state index is 13.8. The largest absolute Gasteiger partial charge is 0.508 e. The molecule has 0 unspecified atom stereocenters. The minimum absolute atomic E-state index is 0.0693. The zero-order valence-corrected chi connectivity index (χ0v) is 21.2. The minimum Gasteiger partial charge on any atom is -0.508 e. The minimum atomic E-state index is -0.868. The number of anilines is 2. The smallest absolute Gasteiger partial charge is 0.277 e. The summed E-state index contributed by atoms with van der Waals surface area (Å²) in [6.45, 7) is 2.07. The van der Waals surface area contributed by atoms with Crippen molar-refractivity contribution in [1.82, 2.24) is 9.78 Å². The average molecular weight is 519 g/mol. The van der Waals surface area contributed by atoms with Gasteiger partial charge < -0.3 is 15.3 Å². The van der Waals surface area contributed by atoms with E-state index in [-0.39, 0.29) is 29.3 Å². The Labute approximate surface area is 221 Å². The van der Waals surface area contributed by atoms with Crippen LogP contribution in [0.1, 0.15) is 49.3 Å². The number of nitrogens with one attached hydrogen (secondary N) is 1. The summed E-state index contributed by atoms with van der Waals surface area (Å²) in [7, 11) is 3.70. The number of rotatable bonds is 5. The van der Waals surface area contributed by atoms with Crippen molar-refractivity contribution in [2.75, 3.05) is 10.2 Å². The lowest BCUT2D eigenvalue weighted by atomic mass is 10.0. The summed E-state index contributed by atoms with van der Waals surface area (Å²) in [6, 6.07) is 21.1. The maximum atomic E-state index is 13.8. The van der Waals surface area contributed by atoms with Gasteiger partial charge >= 0.3 is 0 Å². The molecule has 0 aliphatic carbocycles. The van der Waals surface area contributed by atoms with Gasteiger partial charge in [0.1, 0.15) is 11.4 Å². The topological polar surface area (TPSA) is 128 Å². The molecule has 0 spiro atoms. The summed E-state index contributed by atoms with van der Waals surface area (Å²) < 4.78 is 1.48. The van der Waals surface area contributed by atoms with Gasteiger partial charge in [-0.05, 0) is 73.7 Å². The van der Waals surface area contributed by atoms with E-state index in [4.69, 9.17) is 5.26 Å². The molecule has 9 nitrogen and oxygen atoms in total. The highest BCUT2D eigenvalue weighted by Gasteiger charge is 2.42. The third-order valence-corrected chi connectivity index (χ3v) is 6.59. The maximum Gasteiger partial charge on any atom is 0.277 e. The first-order valence-electron chi connectivity index (χ1n) is 11.6. The van der Waals surface area contributed by atoms with Gasteiger partial charge in [0.25, 0.3) is 11.8 Å². The SMILES string of the molecule is C[C@]1([Si])Cn2ncc(C(=O)Nc3cccc(C#N)c3)c2C(=O)N1c1ccc(C(=O)c2ccc(O)cc2)cc1. The molecule has 4 aromatic rings. The third-order valence-electron chi connectivity index (χ3n) is 6.21. The van der Waals surface area contributed by atoms with Crippen molar-refractivity contribution in [3.63, 3.8) is 0 Å². The van der Waals surface area contributed by atoms with Crippen LogP contribution in [0.4, 0.5) is 11.4 Å². The molecular weight excluding hydrogens is 498 g/mol. The fourth-order valence-electron chi connectivity index (χ4n) is 4.40. The van der Waals surface area contributed by atoms with E-state index in [1.165, 1.54) is 34.0 Å². The monoisotopic (exact) mass is 518 g/mol. The van der Waals surface area contributed by atoms with Gasteiger partial charge in [-0.15, -0.1) is 0 Å². The summed E-state index contributed by atoms with van der Waals surface area (Å²) >= 11 is 0. The second kappa shape index (κ2) is 9.46. The Hall–Kier alpha value is -5.01. The Morgan fingerprint density at radius 1 is 1.08 bits per heavy atom. The lowest BCUT2D eigenvalue weighted by Crippen LogP contribution is -2.58. The molecule has 1 aliphatic rings. The molecule has 3 radical (unpaired) electrons. The van der Waals surface area contributed by atoms with Crippen LogP contribution in [-0.4, -0.2) is 47.9 Å². The molecule has 2 amide bonds. The van der Waals surface area contributed by atoms with E-state index in [2.05, 4.69) is 20.7 Å². The van der Waals surface area contributed by atoms with Gasteiger partial charge in [0, 0.05) is 27.7 Å². The molecule has 3 aromatic carbocycles. The number of nitriles is 1. The fraction of sp³-hybridized carbons (Fsp3) is 0.107. The zero-order valence-electron chi connectivity index (χ0n) is 20.2. The summed E-state index contributed by atoms with van der Waals surface area (Å²) in [5.41, 5.74) is 2.41. The van der Waals surface area contributed by atoms with E-state index in [9.17, 15) is 19.5 Å². The second-order valence-corrected chi connectivity index (χ2v) is 10.1. The van der Waals surface area contributed by atoms with Crippen LogP contribution in [0.15, 0.2) is 79.0 Å². The van der Waals surface area contributed by atoms with E-state index < -0.39 is 17.0 Å². The van der Waals surface area contributed by atoms with Crippen LogP contribution in [0.3, 0.4) is 0 Å². The van der Waals surface area contributed by atoms with Gasteiger partial charge in [-0.1, -0.05) is 6.07 Å². The highest BCUT2D eigenvalue weighted by atomic mass is 28.1. The van der Waals surface area contributed by atoms with Crippen LogP contribution in [-0.2, 0) is 6.54 Å². The van der Waals surface area contributed by atoms with Crippen molar-refractivity contribution < 1.29 is 19.5 Å². The Bertz CT molecular complexity index is 1620. The van der Waals surface area contributed by atoms with E-state index in [0.717, 1.165) is 0 Å². The van der Waals surface area contributed by atoms with Gasteiger partial charge in [0.2, 0.25) is 0 Å². The first kappa shape index (κ1) is 24.7. The number of aromatic hydroxyl groups is 1. The van der Waals surface area contributed by atoms with Crippen molar-refractivity contribution >= 4 is 39.2 Å². The van der Waals surface area contributed by atoms with Crippen LogP contribution >= 0.6 is 0 Å². The highest BCUT2D eigenvalue weighted by molar-refractivity contribution is 6.25. The van der Waals surface area contributed by atoms with Crippen molar-refractivity contribution in [1.29, 1.82) is 5.26 Å². The Balaban J connectivity index is 1.43. The van der Waals surface area contributed by atoms with Crippen LogP contribution in [0.25, 0.3) is 0 Å². The molecule has 1 atom stereocenters. The summed E-state index contributed by atoms with van der Waals surface area (Å²) in [6.07, 6.45) is 1.35. The number of phenols is 1. The summed E-state index contributed by atoms with van der Waals surface area (Å²) in [5, 5.41) is 24.7. The summed E-state index contributed by atoms with van der Waals surface area (Å²) in [4.78, 5) is 41.2. The van der Waals surface area contributed by atoms with Crippen molar-refractivity contribution in [2.45, 2.75) is 18.6 Å². The molecule has 0 saturated carbocycles. The molecule has 185 valence electrons. The number of ketones is 1. The Kier molecular flexibility index (Phi) is 6.14. The Morgan fingerprint density at radius 2 is 1.74 bits per heavy atom. The molecule has 1 aromatic heterocycles. The van der Waals surface area contributed by atoms with Gasteiger partial charge in [-0.3, -0.25) is 19.1 Å². The molecule has 38 heavy (non-hydrogen) atoms. The summed E-state index contributed by atoms with van der Waals surface area (Å²) in [5.74, 6) is -1.12. The number of nitrogens with zero attached hydrogens (tertiary/aromatic N) is 4. The number of phenolic OH excluding ortho intramolecular Hbond substituents is 1. The molecule has 10 heteroatoms. The zero-order chi connectivity index (χ0) is 27.0. The fourth-order valence-corrected chi connectivity index (χ4v) is 4.78. The Morgan fingerprint density at radius 3 is 2.39 bits per heavy atom. The average Bonchev–Trinajstić information content (AvgIpc) is 3.32. The van der Waals surface area contributed by atoms with Crippen molar-refractivity contribution in [3.8, 4) is 11.8 Å². The van der Waals surface area contributed by atoms with Gasteiger partial charge in [-0.2, -0.15) is 10.4 Å². The molecule has 2 heterocycles. The van der Waals surface area contributed by atoms with E-state index >= 15 is 0 Å². The van der Waals surface area contributed by atoms with Gasteiger partial charge in [0.15, 0.2) is 5.78 Å². The number of benzene rings is 3. The lowest BCUT2D eigenvalue weighted by Gasteiger charge is -2.42. The molecule has 0 bridgehead atoms. The second-order valence-electron chi connectivity index (χ2n) is 9.05. The molecule has 2 N–H and O–H groups in total. The van der Waals surface area contributed by atoms with Crippen molar-refractivity contribution in [3.05, 3.63) is 107 Å². The lowest BCUT2D eigenvalue weighted by molar-refractivity contribution is 0.0924. The molecule has 5 rings (SSSR count). The first-order chi connectivity index (χ1) is 18.2. The standard InChI is InChI=1S/C28H20N5O4Si/c1-28(38)16-32-24(23(15-30-32)26(36)31-20-4-2-3-17(13-20)14-29)27(37)33(28)21-9-5-18(6-10-21)25(35)19-7-11-22(34)12-8-19/h2-13,15,34H,16H2,1H3,(H,31,36)/t28-/m0/s1. The number of fused-ring (bicyclic) bond motifs is 1. The van der Waals surface area contributed by atoms with Crippen molar-refractivity contribution in [2.24, 2.45) is 0 Å². The number of aromatic nitrogens is 2. The number of carbonyl (C=O) groups is 3. The molecule has 0 saturated heterocycles. The number of carbonyl (C=O) groups excluding carboxylic acids is 3. The predicted molar refractivity (Wildman–Crippen MR) is 140 cm³/mol. The number of hydrogen-bond donors (Lipinski definition) is 2. The van der Waals surface area contributed by atoms with Crippen LogP contribution in [0.5, 0.6) is 5.75 Å². The van der Waals surface area contributed by atoms with Crippen LogP contribution in [0.2, 0.25) is 0 Å². The predicted octanol–water partition coefficient (Wildman–Crippen LogP) is 3.49. The van der Waals surface area contributed by atoms with Gasteiger partial charge in [-0.25, -0.2) is 0 Å². The van der Waals surface area contributed by atoms with E-state index in [0.29, 0.717) is 28.1 Å². The molecular formula is C28H20N5O4Si. The van der Waals surface area contributed by atoms with Crippen LogP contribution < -0.4 is 10.2 Å². The molecule has 0 fully saturated rings. The van der Waals surface area contributed by atoms with Gasteiger partial charge in [0.05, 0.1) is 40.2 Å². The number of amides is 2. The van der Waals surface area contributed by atoms with E-state index in [1.807, 2.05) is 13.0 Å². The third kappa shape index (κ3) is 4.47. The highest BCUT2D eigenvalue weighted by Crippen LogP contribution is 2.32. The first-order valence-corrected chi connectivity index (χ1v) is 12.1. The molecule has 1 aliphatic heterocycles. The number of hydrogen-bond acceptors (Lipinski definition) is 6. The van der Waals surface area contributed by atoms with Crippen LogP contribution in [0, 0.1) is 11.3 Å². The quantitative estimate of drug-likeness (QED) is 0.307. The van der Waals surface area contributed by atoms with E-state index in [1.54, 1.807) is 54.6 Å².